The van der Waals surface area contributed by atoms with Gasteiger partial charge in [0.15, 0.2) is 0 Å². The summed E-state index contributed by atoms with van der Waals surface area (Å²) in [5, 5.41) is 3.17. The van der Waals surface area contributed by atoms with E-state index in [-0.39, 0.29) is 0 Å². The van der Waals surface area contributed by atoms with Crippen LogP contribution in [0.3, 0.4) is 0 Å². The number of alkyl halides is 3. The van der Waals surface area contributed by atoms with Crippen LogP contribution in [0.4, 0.5) is 18.9 Å². The minimum atomic E-state index is -4.45. The molecule has 0 amide bonds. The first-order valence-corrected chi connectivity index (χ1v) is 9.98. The van der Waals surface area contributed by atoms with Crippen LogP contribution in [-0.2, 0) is 4.74 Å². The molecule has 3 nitrogen and oxygen atoms in total. The average molecular weight is 419 g/mol. The fourth-order valence-electron chi connectivity index (χ4n) is 3.49. The van der Waals surface area contributed by atoms with Gasteiger partial charge in [0.2, 0.25) is 0 Å². The fourth-order valence-corrected chi connectivity index (χ4v) is 3.49. The monoisotopic (exact) mass is 418 g/mol. The summed E-state index contributed by atoms with van der Waals surface area (Å²) in [6.45, 7) is 11.4. The Labute approximate surface area is 176 Å². The van der Waals surface area contributed by atoms with Crippen LogP contribution in [0, 0.1) is 0 Å². The van der Waals surface area contributed by atoms with Gasteiger partial charge in [0.25, 0.3) is 0 Å². The van der Waals surface area contributed by atoms with E-state index in [1.54, 1.807) is 6.92 Å². The molecule has 0 fully saturated rings. The van der Waals surface area contributed by atoms with E-state index >= 15 is 0 Å². The summed E-state index contributed by atoms with van der Waals surface area (Å²) in [7, 11) is 1.86. The maximum Gasteiger partial charge on any atom is 0.417 e. The van der Waals surface area contributed by atoms with Crippen molar-refractivity contribution < 1.29 is 17.9 Å². The molecule has 0 spiro atoms. The molecule has 1 aliphatic carbocycles. The van der Waals surface area contributed by atoms with Crippen molar-refractivity contribution >= 4 is 22.7 Å². The smallest absolute Gasteiger partial charge is 0.417 e. The number of rotatable bonds is 9. The molecule has 30 heavy (non-hydrogen) atoms. The van der Waals surface area contributed by atoms with Crippen molar-refractivity contribution in [3.63, 3.8) is 0 Å². The molecule has 1 N–H and O–H groups in total. The van der Waals surface area contributed by atoms with E-state index in [2.05, 4.69) is 35.6 Å². The van der Waals surface area contributed by atoms with Gasteiger partial charge in [-0.05, 0) is 62.4 Å². The van der Waals surface area contributed by atoms with Crippen LogP contribution in [0.5, 0.6) is 0 Å². The molecule has 1 aromatic carbocycles. The van der Waals surface area contributed by atoms with Crippen molar-refractivity contribution in [2.24, 2.45) is 4.99 Å². The molecule has 0 saturated carbocycles. The van der Waals surface area contributed by atoms with Crippen LogP contribution in [0.15, 0.2) is 59.8 Å². The van der Waals surface area contributed by atoms with Gasteiger partial charge in [-0.25, -0.2) is 0 Å². The number of nitrogens with zero attached hydrogens (tertiary/aromatic N) is 1. The summed E-state index contributed by atoms with van der Waals surface area (Å²) in [5.74, 6) is 0.614. The second-order valence-corrected chi connectivity index (χ2v) is 7.17. The third-order valence-electron chi connectivity index (χ3n) is 4.98. The number of hydrogen-bond donors (Lipinski definition) is 1. The Hall–Kier alpha value is -2.76. The topological polar surface area (TPSA) is 33.6 Å². The predicted molar refractivity (Wildman–Crippen MR) is 119 cm³/mol. The first-order chi connectivity index (χ1) is 14.2. The molecule has 1 aliphatic rings. The molecule has 0 aromatic heterocycles. The van der Waals surface area contributed by atoms with E-state index in [9.17, 15) is 13.2 Å². The number of halogens is 3. The summed E-state index contributed by atoms with van der Waals surface area (Å²) in [6, 6.07) is 6.13. The Morgan fingerprint density at radius 3 is 2.60 bits per heavy atom. The lowest BCUT2D eigenvalue weighted by Gasteiger charge is -2.14. The molecular formula is C24H29F3N2O. The fraction of sp³-hybridized carbons (Fsp3) is 0.375. The molecule has 0 aliphatic heterocycles. The van der Waals surface area contributed by atoms with Crippen LogP contribution in [-0.4, -0.2) is 25.5 Å². The van der Waals surface area contributed by atoms with Crippen molar-refractivity contribution in [3.8, 4) is 0 Å². The van der Waals surface area contributed by atoms with Crippen molar-refractivity contribution in [2.75, 3.05) is 19.0 Å². The Morgan fingerprint density at radius 2 is 2.00 bits per heavy atom. The minimum Gasteiger partial charge on any atom is -0.494 e. The number of ether oxygens (including phenoxy) is 1. The molecular weight excluding hydrogens is 389 g/mol. The van der Waals surface area contributed by atoms with Crippen molar-refractivity contribution in [3.05, 3.63) is 65.9 Å². The zero-order valence-corrected chi connectivity index (χ0v) is 17.8. The molecule has 0 unspecified atom stereocenters. The molecule has 6 heteroatoms. The third-order valence-corrected chi connectivity index (χ3v) is 4.98. The van der Waals surface area contributed by atoms with Crippen LogP contribution in [0.2, 0.25) is 0 Å². The van der Waals surface area contributed by atoms with E-state index in [0.717, 1.165) is 48.4 Å². The van der Waals surface area contributed by atoms with E-state index in [1.807, 2.05) is 20.0 Å². The first kappa shape index (κ1) is 23.5. The molecule has 0 heterocycles. The second-order valence-electron chi connectivity index (χ2n) is 7.17. The maximum absolute atomic E-state index is 12.8. The number of nitrogens with one attached hydrogen (secondary N) is 1. The lowest BCUT2D eigenvalue weighted by molar-refractivity contribution is -0.0883. The predicted octanol–water partition coefficient (Wildman–Crippen LogP) is 7.16. The van der Waals surface area contributed by atoms with Gasteiger partial charge < -0.3 is 10.1 Å². The Morgan fingerprint density at radius 1 is 1.27 bits per heavy atom. The largest absolute Gasteiger partial charge is 0.494 e. The highest BCUT2D eigenvalue weighted by atomic mass is 19.4. The zero-order chi connectivity index (χ0) is 22.3. The number of aliphatic imine (C=N–C) groups is 1. The van der Waals surface area contributed by atoms with Gasteiger partial charge in [-0.15, -0.1) is 0 Å². The zero-order valence-electron chi connectivity index (χ0n) is 17.8. The summed E-state index contributed by atoms with van der Waals surface area (Å²) < 4.78 is 44.1. The lowest BCUT2D eigenvalue weighted by Crippen LogP contribution is -2.09. The average Bonchev–Trinajstić information content (AvgIpc) is 3.15. The quantitative estimate of drug-likeness (QED) is 0.262. The molecule has 0 radical (unpaired) electrons. The van der Waals surface area contributed by atoms with Gasteiger partial charge in [-0.2, -0.15) is 13.2 Å². The van der Waals surface area contributed by atoms with Gasteiger partial charge in [0.05, 0.1) is 12.2 Å². The molecule has 162 valence electrons. The van der Waals surface area contributed by atoms with Crippen molar-refractivity contribution in [1.29, 1.82) is 0 Å². The van der Waals surface area contributed by atoms with E-state index < -0.39 is 11.7 Å². The van der Waals surface area contributed by atoms with Gasteiger partial charge in [-0.1, -0.05) is 24.8 Å². The Kier molecular flexibility index (Phi) is 8.09. The van der Waals surface area contributed by atoms with Crippen LogP contribution >= 0.6 is 0 Å². The summed E-state index contributed by atoms with van der Waals surface area (Å²) in [5.41, 5.74) is 5.16. The summed E-state index contributed by atoms with van der Waals surface area (Å²) in [6.07, 6.45) is 0.573. The molecule has 2 rings (SSSR count). The highest BCUT2D eigenvalue weighted by molar-refractivity contribution is 5.88. The van der Waals surface area contributed by atoms with E-state index in [1.165, 1.54) is 11.1 Å². The van der Waals surface area contributed by atoms with Crippen LogP contribution in [0.1, 0.15) is 50.7 Å². The molecule has 0 saturated heterocycles. The van der Waals surface area contributed by atoms with Crippen molar-refractivity contribution in [2.45, 2.75) is 45.7 Å². The number of benzene rings is 1. The number of allylic oxidation sites excluding steroid dienone is 4. The van der Waals surface area contributed by atoms with Crippen LogP contribution < -0.4 is 5.32 Å². The van der Waals surface area contributed by atoms with Gasteiger partial charge in [0.1, 0.15) is 5.76 Å². The highest BCUT2D eigenvalue weighted by Crippen LogP contribution is 2.38. The standard InChI is InChI=1S/C24H29F3N2O/c1-6-21(24(25,26)27)15-29-16(3)11-18-9-8-10-23(18)20-12-19(17(4)30-7-2)13-22(14-20)28-5/h6,12-15,28H,1,4,7-11H2,2-3,5H3/b21-15+,29-16?. The van der Waals surface area contributed by atoms with Crippen molar-refractivity contribution in [1.82, 2.24) is 0 Å². The Bertz CT molecular complexity index is 892. The van der Waals surface area contributed by atoms with Gasteiger partial charge in [0, 0.05) is 36.6 Å². The maximum atomic E-state index is 12.8. The second kappa shape index (κ2) is 10.3. The normalized spacial score (nSPS) is 15.4. The number of anilines is 1. The van der Waals surface area contributed by atoms with E-state index in [4.69, 9.17) is 4.74 Å². The molecule has 0 bridgehead atoms. The number of hydrogen-bond acceptors (Lipinski definition) is 3. The Balaban J connectivity index is 2.36. The summed E-state index contributed by atoms with van der Waals surface area (Å²) in [4.78, 5) is 4.04. The van der Waals surface area contributed by atoms with Gasteiger partial charge >= 0.3 is 6.18 Å². The lowest BCUT2D eigenvalue weighted by atomic mass is 9.96. The first-order valence-electron chi connectivity index (χ1n) is 9.98. The molecule has 1 aromatic rings. The summed E-state index contributed by atoms with van der Waals surface area (Å²) >= 11 is 0. The van der Waals surface area contributed by atoms with Crippen LogP contribution in [0.25, 0.3) is 11.3 Å². The third kappa shape index (κ3) is 6.12. The molecule has 0 atom stereocenters. The van der Waals surface area contributed by atoms with Gasteiger partial charge in [-0.3, -0.25) is 4.99 Å². The van der Waals surface area contributed by atoms with E-state index in [0.29, 0.717) is 24.5 Å². The SMILES string of the molecule is C=C/C(=C\N=C(C)CC1=C(c2cc(NC)cc(C(=C)OCC)c2)CCC1)C(F)(F)F. The highest BCUT2D eigenvalue weighted by Gasteiger charge is 2.31. The minimum absolute atomic E-state index is 0.541.